The number of carboxylic acid groups (broad SMARTS) is 1. The maximum Gasteiger partial charge on any atom is 0.323 e. The number of carbonyl (C=O) groups is 1. The molecule has 0 radical (unpaired) electrons. The number of likely N-dealkylation sites (tertiary alicyclic amines) is 1. The summed E-state index contributed by atoms with van der Waals surface area (Å²) in [6.07, 6.45) is 5.88. The van der Waals surface area contributed by atoms with Crippen LogP contribution in [-0.2, 0) is 4.79 Å². The van der Waals surface area contributed by atoms with E-state index in [1.165, 1.54) is 19.4 Å². The Labute approximate surface area is 130 Å². The van der Waals surface area contributed by atoms with Gasteiger partial charge in [-0.25, -0.2) is 0 Å². The molecule has 2 unspecified atom stereocenters. The molecule has 0 aromatic carbocycles. The second-order valence-corrected chi connectivity index (χ2v) is 6.76. The van der Waals surface area contributed by atoms with Crippen LogP contribution >= 0.6 is 0 Å². The number of carboxylic acids is 1. The molecule has 124 valence electrons. The van der Waals surface area contributed by atoms with Gasteiger partial charge in [-0.05, 0) is 64.1 Å². The van der Waals surface area contributed by atoms with Gasteiger partial charge in [0.2, 0.25) is 0 Å². The molecular formula is C17H34N2O2. The second kappa shape index (κ2) is 8.74. The molecule has 21 heavy (non-hydrogen) atoms. The fourth-order valence-electron chi connectivity index (χ4n) is 3.56. The summed E-state index contributed by atoms with van der Waals surface area (Å²) in [5.41, 5.74) is -0.733. The first kappa shape index (κ1) is 18.4. The predicted molar refractivity (Wildman–Crippen MR) is 87.6 cm³/mol. The van der Waals surface area contributed by atoms with Crippen LogP contribution in [0.25, 0.3) is 0 Å². The molecule has 0 spiro atoms. The maximum atomic E-state index is 11.7. The Balaban J connectivity index is 2.51. The largest absolute Gasteiger partial charge is 0.480 e. The van der Waals surface area contributed by atoms with E-state index in [9.17, 15) is 9.90 Å². The van der Waals surface area contributed by atoms with Crippen molar-refractivity contribution in [2.24, 2.45) is 5.92 Å². The molecule has 0 aromatic rings. The lowest BCUT2D eigenvalue weighted by molar-refractivity contribution is -0.145. The summed E-state index contributed by atoms with van der Waals surface area (Å²) in [5.74, 6) is 0.00130. The molecule has 2 N–H and O–H groups in total. The van der Waals surface area contributed by atoms with Gasteiger partial charge in [0.15, 0.2) is 0 Å². The van der Waals surface area contributed by atoms with Gasteiger partial charge < -0.3 is 15.3 Å². The summed E-state index contributed by atoms with van der Waals surface area (Å²) in [6.45, 7) is 11.6. The smallest absolute Gasteiger partial charge is 0.323 e. The lowest BCUT2D eigenvalue weighted by atomic mass is 9.90. The quantitative estimate of drug-likeness (QED) is 0.650. The van der Waals surface area contributed by atoms with E-state index in [0.29, 0.717) is 18.4 Å². The highest BCUT2D eigenvalue weighted by molar-refractivity contribution is 5.78. The average molecular weight is 298 g/mol. The van der Waals surface area contributed by atoms with Crippen LogP contribution in [0.1, 0.15) is 66.2 Å². The topological polar surface area (TPSA) is 52.6 Å². The molecule has 0 aromatic heterocycles. The molecule has 1 aliphatic heterocycles. The van der Waals surface area contributed by atoms with Crippen LogP contribution < -0.4 is 5.32 Å². The monoisotopic (exact) mass is 298 g/mol. The first-order valence-corrected chi connectivity index (χ1v) is 8.69. The van der Waals surface area contributed by atoms with Gasteiger partial charge in [0.25, 0.3) is 0 Å². The van der Waals surface area contributed by atoms with Crippen LogP contribution in [0.4, 0.5) is 0 Å². The Morgan fingerprint density at radius 1 is 1.43 bits per heavy atom. The van der Waals surface area contributed by atoms with Crippen molar-refractivity contribution >= 4 is 5.97 Å². The minimum absolute atomic E-state index is 0.649. The summed E-state index contributed by atoms with van der Waals surface area (Å²) in [4.78, 5) is 14.2. The number of rotatable bonds is 10. The molecule has 1 fully saturated rings. The highest BCUT2D eigenvalue weighted by atomic mass is 16.4. The van der Waals surface area contributed by atoms with E-state index in [1.807, 2.05) is 6.92 Å². The zero-order valence-electron chi connectivity index (χ0n) is 14.3. The Morgan fingerprint density at radius 3 is 2.67 bits per heavy atom. The highest BCUT2D eigenvalue weighted by Gasteiger charge is 2.36. The van der Waals surface area contributed by atoms with Crippen LogP contribution in [-0.4, -0.2) is 47.2 Å². The SMILES string of the molecule is CCCNC(CC)(CCCN1CCCC1C(C)C)C(=O)O. The molecule has 0 aliphatic carbocycles. The van der Waals surface area contributed by atoms with Gasteiger partial charge in [0, 0.05) is 6.04 Å². The third-order valence-corrected chi connectivity index (χ3v) is 4.96. The Kier molecular flexibility index (Phi) is 7.67. The minimum Gasteiger partial charge on any atom is -0.480 e. The summed E-state index contributed by atoms with van der Waals surface area (Å²) in [7, 11) is 0. The van der Waals surface area contributed by atoms with E-state index in [4.69, 9.17) is 0 Å². The zero-order valence-corrected chi connectivity index (χ0v) is 14.3. The number of hydrogen-bond donors (Lipinski definition) is 2. The molecule has 1 rings (SSSR count). The first-order valence-electron chi connectivity index (χ1n) is 8.69. The van der Waals surface area contributed by atoms with Gasteiger partial charge in [0.1, 0.15) is 5.54 Å². The predicted octanol–water partition coefficient (Wildman–Crippen LogP) is 3.12. The molecule has 4 nitrogen and oxygen atoms in total. The fraction of sp³-hybridized carbons (Fsp3) is 0.941. The number of aliphatic carboxylic acids is 1. The third-order valence-electron chi connectivity index (χ3n) is 4.96. The van der Waals surface area contributed by atoms with E-state index in [2.05, 4.69) is 31.0 Å². The summed E-state index contributed by atoms with van der Waals surface area (Å²) in [5, 5.41) is 12.9. The van der Waals surface area contributed by atoms with Crippen LogP contribution in [0.2, 0.25) is 0 Å². The van der Waals surface area contributed by atoms with Gasteiger partial charge in [-0.15, -0.1) is 0 Å². The van der Waals surface area contributed by atoms with Crippen molar-refractivity contribution in [3.05, 3.63) is 0 Å². The molecule has 1 aliphatic rings. The molecule has 2 atom stereocenters. The summed E-state index contributed by atoms with van der Waals surface area (Å²) >= 11 is 0. The molecule has 1 saturated heterocycles. The number of nitrogens with zero attached hydrogens (tertiary/aromatic N) is 1. The molecular weight excluding hydrogens is 264 g/mol. The second-order valence-electron chi connectivity index (χ2n) is 6.76. The fourth-order valence-corrected chi connectivity index (χ4v) is 3.56. The van der Waals surface area contributed by atoms with Crippen LogP contribution in [0.3, 0.4) is 0 Å². The molecule has 0 bridgehead atoms. The first-order chi connectivity index (χ1) is 9.96. The van der Waals surface area contributed by atoms with Crippen LogP contribution in [0, 0.1) is 5.92 Å². The van der Waals surface area contributed by atoms with Gasteiger partial charge in [-0.1, -0.05) is 27.7 Å². The summed E-state index contributed by atoms with van der Waals surface area (Å²) < 4.78 is 0. The van der Waals surface area contributed by atoms with Crippen molar-refractivity contribution < 1.29 is 9.90 Å². The standard InChI is InChI=1S/C17H34N2O2/c1-5-11-18-17(6-2,16(20)21)10-8-13-19-12-7-9-15(19)14(3)4/h14-15,18H,5-13H2,1-4H3,(H,20,21). The number of hydrogen-bond acceptors (Lipinski definition) is 3. The Bertz CT molecular complexity index is 320. The highest BCUT2D eigenvalue weighted by Crippen LogP contribution is 2.25. The Morgan fingerprint density at radius 2 is 2.14 bits per heavy atom. The van der Waals surface area contributed by atoms with Crippen molar-refractivity contribution in [1.82, 2.24) is 10.2 Å². The van der Waals surface area contributed by atoms with E-state index >= 15 is 0 Å². The third kappa shape index (κ3) is 4.96. The molecule has 0 saturated carbocycles. The normalized spacial score (nSPS) is 22.6. The lowest BCUT2D eigenvalue weighted by Gasteiger charge is -2.32. The minimum atomic E-state index is -0.733. The van der Waals surface area contributed by atoms with E-state index in [1.54, 1.807) is 0 Å². The van der Waals surface area contributed by atoms with Crippen LogP contribution in [0.5, 0.6) is 0 Å². The molecule has 4 heteroatoms. The van der Waals surface area contributed by atoms with E-state index in [-0.39, 0.29) is 0 Å². The van der Waals surface area contributed by atoms with E-state index in [0.717, 1.165) is 32.4 Å². The van der Waals surface area contributed by atoms with Gasteiger partial charge >= 0.3 is 5.97 Å². The van der Waals surface area contributed by atoms with Gasteiger partial charge in [-0.2, -0.15) is 0 Å². The lowest BCUT2D eigenvalue weighted by Crippen LogP contribution is -2.52. The van der Waals surface area contributed by atoms with Crippen molar-refractivity contribution in [2.75, 3.05) is 19.6 Å². The van der Waals surface area contributed by atoms with Gasteiger partial charge in [0.05, 0.1) is 0 Å². The van der Waals surface area contributed by atoms with E-state index < -0.39 is 11.5 Å². The van der Waals surface area contributed by atoms with Crippen molar-refractivity contribution in [3.63, 3.8) is 0 Å². The maximum absolute atomic E-state index is 11.7. The number of nitrogens with one attached hydrogen (secondary N) is 1. The molecule has 0 amide bonds. The summed E-state index contributed by atoms with van der Waals surface area (Å²) in [6, 6.07) is 0.689. The van der Waals surface area contributed by atoms with Crippen molar-refractivity contribution in [1.29, 1.82) is 0 Å². The zero-order chi connectivity index (χ0) is 15.9. The molecule has 1 heterocycles. The van der Waals surface area contributed by atoms with Crippen molar-refractivity contribution in [2.45, 2.75) is 77.8 Å². The van der Waals surface area contributed by atoms with Gasteiger partial charge in [-0.3, -0.25) is 4.79 Å². The van der Waals surface area contributed by atoms with Crippen LogP contribution in [0.15, 0.2) is 0 Å². The Hall–Kier alpha value is -0.610. The average Bonchev–Trinajstić information content (AvgIpc) is 2.91. The van der Waals surface area contributed by atoms with Crippen molar-refractivity contribution in [3.8, 4) is 0 Å².